The lowest BCUT2D eigenvalue weighted by molar-refractivity contribution is -0.385. The van der Waals surface area contributed by atoms with Crippen molar-refractivity contribution in [2.45, 2.75) is 31.5 Å². The van der Waals surface area contributed by atoms with E-state index < -0.39 is 40.0 Å². The molecule has 2 amide bonds. The Bertz CT molecular complexity index is 1290. The minimum absolute atomic E-state index is 0.0528. The summed E-state index contributed by atoms with van der Waals surface area (Å²) in [6, 6.07) is 8.62. The van der Waals surface area contributed by atoms with Crippen molar-refractivity contribution >= 4 is 28.4 Å². The third-order valence-corrected chi connectivity index (χ3v) is 6.45. The number of nitrogens with zero attached hydrogens (tertiary/aromatic N) is 3. The molecule has 1 aliphatic rings. The third kappa shape index (κ3) is 3.52. The zero-order valence-electron chi connectivity index (χ0n) is 18.3. The third-order valence-electron chi connectivity index (χ3n) is 6.45. The van der Waals surface area contributed by atoms with Gasteiger partial charge in [0.15, 0.2) is 0 Å². The average Bonchev–Trinajstić information content (AvgIpc) is 3.18. The molecule has 0 unspecified atom stereocenters. The molecular weight excluding hydrogens is 431 g/mol. The summed E-state index contributed by atoms with van der Waals surface area (Å²) in [6.07, 6.45) is 1.30. The lowest BCUT2D eigenvalue weighted by Crippen LogP contribution is -2.71. The van der Waals surface area contributed by atoms with E-state index >= 15 is 0 Å². The van der Waals surface area contributed by atoms with Gasteiger partial charge in [-0.2, -0.15) is 4.39 Å². The van der Waals surface area contributed by atoms with Crippen LogP contribution in [-0.4, -0.2) is 62.5 Å². The van der Waals surface area contributed by atoms with E-state index in [2.05, 4.69) is 4.98 Å². The monoisotopic (exact) mass is 454 g/mol. The first-order chi connectivity index (χ1) is 15.6. The van der Waals surface area contributed by atoms with Gasteiger partial charge in [0.25, 0.3) is 5.91 Å². The molecule has 33 heavy (non-hydrogen) atoms. The van der Waals surface area contributed by atoms with Gasteiger partial charge in [0.1, 0.15) is 6.04 Å². The highest BCUT2D eigenvalue weighted by atomic mass is 19.1. The maximum Gasteiger partial charge on any atom is 0.314 e. The van der Waals surface area contributed by atoms with Gasteiger partial charge in [-0.25, -0.2) is 0 Å². The Morgan fingerprint density at radius 2 is 1.88 bits per heavy atom. The van der Waals surface area contributed by atoms with Gasteiger partial charge in [-0.3, -0.25) is 19.7 Å². The molecule has 4 rings (SSSR count). The highest BCUT2D eigenvalue weighted by molar-refractivity contribution is 5.99. The zero-order valence-corrected chi connectivity index (χ0v) is 18.3. The van der Waals surface area contributed by atoms with Crippen molar-refractivity contribution in [1.82, 2.24) is 14.8 Å². The molecule has 2 N–H and O–H groups in total. The average molecular weight is 454 g/mol. The molecule has 0 radical (unpaired) electrons. The summed E-state index contributed by atoms with van der Waals surface area (Å²) < 4.78 is 14.2. The van der Waals surface area contributed by atoms with Gasteiger partial charge in [-0.05, 0) is 35.7 Å². The van der Waals surface area contributed by atoms with Gasteiger partial charge < -0.3 is 19.9 Å². The molecule has 2 atom stereocenters. The van der Waals surface area contributed by atoms with Gasteiger partial charge in [-0.1, -0.05) is 24.3 Å². The maximum absolute atomic E-state index is 14.2. The smallest absolute Gasteiger partial charge is 0.314 e. The molecule has 0 bridgehead atoms. The number of hydrogen-bond donors (Lipinski definition) is 2. The number of hydrogen-bond acceptors (Lipinski definition) is 5. The van der Waals surface area contributed by atoms with E-state index in [0.717, 1.165) is 27.0 Å². The summed E-state index contributed by atoms with van der Waals surface area (Å²) in [7, 11) is 2.76. The molecule has 1 aromatic heterocycles. The van der Waals surface area contributed by atoms with Crippen molar-refractivity contribution in [3.8, 4) is 0 Å². The van der Waals surface area contributed by atoms with Crippen LogP contribution in [0, 0.1) is 22.9 Å². The highest BCUT2D eigenvalue weighted by Crippen LogP contribution is 2.34. The van der Waals surface area contributed by atoms with Crippen LogP contribution < -0.4 is 0 Å². The van der Waals surface area contributed by atoms with Gasteiger partial charge in [-0.15, -0.1) is 0 Å². The van der Waals surface area contributed by atoms with Gasteiger partial charge in [0, 0.05) is 33.1 Å². The fourth-order valence-electron chi connectivity index (χ4n) is 4.43. The van der Waals surface area contributed by atoms with E-state index in [4.69, 9.17) is 0 Å². The van der Waals surface area contributed by atoms with Crippen LogP contribution in [0.15, 0.2) is 42.6 Å². The van der Waals surface area contributed by atoms with Gasteiger partial charge in [0.05, 0.1) is 15.8 Å². The lowest BCUT2D eigenvalue weighted by Gasteiger charge is -2.47. The van der Waals surface area contributed by atoms with E-state index in [1.807, 2.05) is 19.1 Å². The Balaban J connectivity index is 1.69. The molecule has 10 heteroatoms. The Morgan fingerprint density at radius 1 is 1.18 bits per heavy atom. The molecule has 0 spiro atoms. The summed E-state index contributed by atoms with van der Waals surface area (Å²) in [4.78, 5) is 42.2. The number of aromatic amines is 1. The van der Waals surface area contributed by atoms with Crippen molar-refractivity contribution in [2.24, 2.45) is 0 Å². The van der Waals surface area contributed by atoms with Crippen molar-refractivity contribution in [3.05, 3.63) is 75.2 Å². The van der Waals surface area contributed by atoms with Crippen LogP contribution >= 0.6 is 0 Å². The number of nitro benzene ring substituents is 1. The van der Waals surface area contributed by atoms with Crippen LogP contribution in [0.3, 0.4) is 0 Å². The van der Waals surface area contributed by atoms with Crippen LogP contribution in [0.5, 0.6) is 0 Å². The topological polar surface area (TPSA) is 120 Å². The number of aliphatic hydroxyl groups is 1. The number of H-pyrrole nitrogens is 1. The fraction of sp³-hybridized carbons (Fsp3) is 0.304. The SMILES string of the molecule is Cc1ccccc1C[C@@]1(O)C(=O)N(C)[C@@H](Cc2c[nH]c3ccc(F)c([N+](=O)[O-])c23)C(=O)N1C. The molecule has 3 aromatic rings. The van der Waals surface area contributed by atoms with Gasteiger partial charge in [0.2, 0.25) is 17.4 Å². The summed E-state index contributed by atoms with van der Waals surface area (Å²) >= 11 is 0. The molecular formula is C23H23FN4O5. The predicted molar refractivity (Wildman–Crippen MR) is 118 cm³/mol. The van der Waals surface area contributed by atoms with Gasteiger partial charge >= 0.3 is 5.69 Å². The molecule has 2 aromatic carbocycles. The molecule has 0 saturated carbocycles. The fourth-order valence-corrected chi connectivity index (χ4v) is 4.43. The first-order valence-electron chi connectivity index (χ1n) is 10.3. The number of aryl methyl sites for hydroxylation is 1. The standard InChI is InChI=1S/C23H23FN4O5/c1-13-6-4-5-7-14(13)11-23(31)22(30)26(2)18(21(29)27(23)3)10-15-12-25-17-9-8-16(24)20(19(15)17)28(32)33/h4-9,12,18,25,31H,10-11H2,1-3H3/t18-,23+/m0/s1. The van der Waals surface area contributed by atoms with E-state index in [1.165, 1.54) is 26.4 Å². The second kappa shape index (κ2) is 7.96. The van der Waals surface area contributed by atoms with Crippen LogP contribution in [0.4, 0.5) is 10.1 Å². The summed E-state index contributed by atoms with van der Waals surface area (Å²) in [5.74, 6) is -2.18. The van der Waals surface area contributed by atoms with E-state index in [9.17, 15) is 29.2 Å². The number of carbonyl (C=O) groups is 2. The number of likely N-dealkylation sites (N-methyl/N-ethyl adjacent to an activating group) is 2. The van der Waals surface area contributed by atoms with E-state index in [1.54, 1.807) is 12.1 Å². The molecule has 9 nitrogen and oxygen atoms in total. The maximum atomic E-state index is 14.2. The number of nitrogens with one attached hydrogen (secondary N) is 1. The number of nitro groups is 1. The van der Waals surface area contributed by atoms with Crippen molar-refractivity contribution in [3.63, 3.8) is 0 Å². The Kier molecular flexibility index (Phi) is 5.41. The number of aromatic nitrogens is 1. The van der Waals surface area contributed by atoms with E-state index in [0.29, 0.717) is 11.1 Å². The molecule has 1 saturated heterocycles. The number of rotatable bonds is 5. The first-order valence-corrected chi connectivity index (χ1v) is 10.3. The summed E-state index contributed by atoms with van der Waals surface area (Å²) in [5, 5.41) is 22.8. The number of carbonyl (C=O) groups excluding carboxylic acids is 2. The van der Waals surface area contributed by atoms with Crippen LogP contribution in [0.25, 0.3) is 10.9 Å². The molecule has 1 fully saturated rings. The number of piperazine rings is 1. The minimum Gasteiger partial charge on any atom is -0.363 e. The van der Waals surface area contributed by atoms with Crippen LogP contribution in [0.1, 0.15) is 16.7 Å². The van der Waals surface area contributed by atoms with Crippen LogP contribution in [0.2, 0.25) is 0 Å². The quantitative estimate of drug-likeness (QED) is 0.453. The lowest BCUT2D eigenvalue weighted by atomic mass is 9.91. The molecule has 2 heterocycles. The zero-order chi connectivity index (χ0) is 24.1. The van der Waals surface area contributed by atoms with Crippen LogP contribution in [-0.2, 0) is 22.4 Å². The number of halogens is 1. The van der Waals surface area contributed by atoms with Crippen molar-refractivity contribution in [2.75, 3.05) is 14.1 Å². The molecule has 1 aliphatic heterocycles. The number of amides is 2. The second-order valence-corrected chi connectivity index (χ2v) is 8.34. The predicted octanol–water partition coefficient (Wildman–Crippen LogP) is 2.30. The number of benzene rings is 2. The van der Waals surface area contributed by atoms with Crippen molar-refractivity contribution < 1.29 is 24.0 Å². The first kappa shape index (κ1) is 22.4. The highest BCUT2D eigenvalue weighted by Gasteiger charge is 2.53. The van der Waals surface area contributed by atoms with Crippen molar-refractivity contribution in [1.29, 1.82) is 0 Å². The largest absolute Gasteiger partial charge is 0.363 e. The Labute approximate surface area is 188 Å². The summed E-state index contributed by atoms with van der Waals surface area (Å²) in [5.41, 5.74) is -0.496. The van der Waals surface area contributed by atoms with E-state index in [-0.39, 0.29) is 18.2 Å². The Morgan fingerprint density at radius 3 is 2.55 bits per heavy atom. The second-order valence-electron chi connectivity index (χ2n) is 8.34. The minimum atomic E-state index is -2.08. The Hall–Kier alpha value is -3.79. The normalized spacial score (nSPS) is 21.2. The summed E-state index contributed by atoms with van der Waals surface area (Å²) in [6.45, 7) is 1.85. The number of fused-ring (bicyclic) bond motifs is 1. The molecule has 0 aliphatic carbocycles. The molecule has 172 valence electrons.